The molecular weight excluding hydrogens is 180 g/mol. The van der Waals surface area contributed by atoms with Crippen molar-refractivity contribution in [2.24, 2.45) is 0 Å². The van der Waals surface area contributed by atoms with Gasteiger partial charge in [0.25, 0.3) is 0 Å². The lowest BCUT2D eigenvalue weighted by molar-refractivity contribution is -0.129. The van der Waals surface area contributed by atoms with Crippen molar-refractivity contribution >= 4 is 5.78 Å². The molecule has 3 nitrogen and oxygen atoms in total. The van der Waals surface area contributed by atoms with Gasteiger partial charge in [-0.2, -0.15) is 0 Å². The first-order valence-electron chi connectivity index (χ1n) is 5.34. The van der Waals surface area contributed by atoms with E-state index in [1.54, 1.807) is 6.26 Å². The summed E-state index contributed by atoms with van der Waals surface area (Å²) in [7, 11) is 0. The van der Waals surface area contributed by atoms with E-state index in [0.717, 1.165) is 50.9 Å². The predicted octanol–water partition coefficient (Wildman–Crippen LogP) is 1.82. The minimum Gasteiger partial charge on any atom is -0.501 e. The maximum absolute atomic E-state index is 11.9. The van der Waals surface area contributed by atoms with Crippen LogP contribution in [0.3, 0.4) is 0 Å². The van der Waals surface area contributed by atoms with E-state index in [9.17, 15) is 4.79 Å². The second-order valence-corrected chi connectivity index (χ2v) is 3.84. The van der Waals surface area contributed by atoms with Crippen molar-refractivity contribution in [1.29, 1.82) is 0 Å². The standard InChI is InChI=1S/C11H16O3/c12-11(9-4-3-6-13-8-9)10-5-1-2-7-14-10/h8,10H,1-7H2. The number of ether oxygens (including phenoxy) is 2. The SMILES string of the molecule is O=C(C1=COCCC1)C1CCCCO1. The summed E-state index contributed by atoms with van der Waals surface area (Å²) in [6.45, 7) is 1.47. The molecule has 2 heterocycles. The van der Waals surface area contributed by atoms with E-state index in [1.165, 1.54) is 0 Å². The van der Waals surface area contributed by atoms with Gasteiger partial charge in [0.2, 0.25) is 0 Å². The van der Waals surface area contributed by atoms with Crippen molar-refractivity contribution in [2.45, 2.75) is 38.2 Å². The Morgan fingerprint density at radius 3 is 2.86 bits per heavy atom. The van der Waals surface area contributed by atoms with Crippen molar-refractivity contribution in [2.75, 3.05) is 13.2 Å². The van der Waals surface area contributed by atoms with Crippen molar-refractivity contribution in [3.8, 4) is 0 Å². The van der Waals surface area contributed by atoms with Gasteiger partial charge in [-0.05, 0) is 32.1 Å². The maximum atomic E-state index is 11.9. The molecule has 0 aromatic heterocycles. The normalized spacial score (nSPS) is 27.7. The maximum Gasteiger partial charge on any atom is 0.190 e. The second-order valence-electron chi connectivity index (χ2n) is 3.84. The van der Waals surface area contributed by atoms with Gasteiger partial charge in [-0.15, -0.1) is 0 Å². The number of carbonyl (C=O) groups is 1. The van der Waals surface area contributed by atoms with Crippen molar-refractivity contribution in [3.05, 3.63) is 11.8 Å². The zero-order valence-corrected chi connectivity index (χ0v) is 8.33. The number of hydrogen-bond acceptors (Lipinski definition) is 3. The van der Waals surface area contributed by atoms with Gasteiger partial charge >= 0.3 is 0 Å². The third-order valence-corrected chi connectivity index (χ3v) is 2.72. The molecule has 0 aromatic rings. The summed E-state index contributed by atoms with van der Waals surface area (Å²) in [6, 6.07) is 0. The highest BCUT2D eigenvalue weighted by Crippen LogP contribution is 2.20. The molecule has 1 atom stereocenters. The lowest BCUT2D eigenvalue weighted by Gasteiger charge is -2.23. The molecule has 2 aliphatic heterocycles. The van der Waals surface area contributed by atoms with E-state index in [2.05, 4.69) is 0 Å². The highest BCUT2D eigenvalue weighted by Gasteiger charge is 2.25. The molecule has 0 bridgehead atoms. The van der Waals surface area contributed by atoms with E-state index in [4.69, 9.17) is 9.47 Å². The molecule has 0 radical (unpaired) electrons. The average Bonchev–Trinajstić information content (AvgIpc) is 2.30. The fraction of sp³-hybridized carbons (Fsp3) is 0.727. The zero-order valence-electron chi connectivity index (χ0n) is 8.33. The summed E-state index contributed by atoms with van der Waals surface area (Å²) in [5.41, 5.74) is 0.808. The van der Waals surface area contributed by atoms with E-state index in [1.807, 2.05) is 0 Å². The third kappa shape index (κ3) is 2.15. The van der Waals surface area contributed by atoms with Gasteiger partial charge in [0.05, 0.1) is 12.9 Å². The van der Waals surface area contributed by atoms with Crippen LogP contribution in [0.1, 0.15) is 32.1 Å². The van der Waals surface area contributed by atoms with E-state index >= 15 is 0 Å². The number of ketones is 1. The predicted molar refractivity (Wildman–Crippen MR) is 51.9 cm³/mol. The lowest BCUT2D eigenvalue weighted by Crippen LogP contribution is -2.30. The summed E-state index contributed by atoms with van der Waals surface area (Å²) in [4.78, 5) is 11.9. The Kier molecular flexibility index (Phi) is 3.19. The largest absolute Gasteiger partial charge is 0.501 e. The molecular formula is C11H16O3. The van der Waals surface area contributed by atoms with Crippen LogP contribution in [0.4, 0.5) is 0 Å². The number of carbonyl (C=O) groups excluding carboxylic acids is 1. The minimum atomic E-state index is -0.198. The first-order chi connectivity index (χ1) is 6.88. The van der Waals surface area contributed by atoms with Gasteiger partial charge in [-0.25, -0.2) is 0 Å². The summed E-state index contributed by atoms with van der Waals surface area (Å²) >= 11 is 0. The van der Waals surface area contributed by atoms with Crippen LogP contribution in [-0.2, 0) is 14.3 Å². The molecule has 78 valence electrons. The molecule has 0 aromatic carbocycles. The molecule has 1 unspecified atom stereocenters. The van der Waals surface area contributed by atoms with Crippen molar-refractivity contribution in [3.63, 3.8) is 0 Å². The third-order valence-electron chi connectivity index (χ3n) is 2.72. The molecule has 0 amide bonds. The summed E-state index contributed by atoms with van der Waals surface area (Å²) < 4.78 is 10.6. The average molecular weight is 196 g/mol. The number of hydrogen-bond donors (Lipinski definition) is 0. The Balaban J connectivity index is 1.95. The highest BCUT2D eigenvalue weighted by atomic mass is 16.5. The van der Waals surface area contributed by atoms with Gasteiger partial charge in [-0.1, -0.05) is 0 Å². The topological polar surface area (TPSA) is 35.5 Å². The molecule has 3 heteroatoms. The van der Waals surface area contributed by atoms with Crippen LogP contribution in [0.15, 0.2) is 11.8 Å². The fourth-order valence-corrected chi connectivity index (χ4v) is 1.90. The highest BCUT2D eigenvalue weighted by molar-refractivity contribution is 5.98. The monoisotopic (exact) mass is 196 g/mol. The Labute approximate surface area is 84.1 Å². The van der Waals surface area contributed by atoms with Crippen LogP contribution in [-0.4, -0.2) is 25.1 Å². The Hall–Kier alpha value is -0.830. The molecule has 0 N–H and O–H groups in total. The smallest absolute Gasteiger partial charge is 0.190 e. The van der Waals surface area contributed by atoms with Crippen molar-refractivity contribution < 1.29 is 14.3 Å². The molecule has 1 fully saturated rings. The van der Waals surface area contributed by atoms with Crippen molar-refractivity contribution in [1.82, 2.24) is 0 Å². The molecule has 0 spiro atoms. The fourth-order valence-electron chi connectivity index (χ4n) is 1.90. The second kappa shape index (κ2) is 4.60. The molecule has 1 saturated heterocycles. The minimum absolute atomic E-state index is 0.143. The van der Waals surface area contributed by atoms with E-state index < -0.39 is 0 Å². The molecule has 2 aliphatic rings. The first kappa shape index (κ1) is 9.71. The van der Waals surface area contributed by atoms with Gasteiger partial charge < -0.3 is 9.47 Å². The molecule has 0 aliphatic carbocycles. The van der Waals surface area contributed by atoms with E-state index in [0.29, 0.717) is 0 Å². The van der Waals surface area contributed by atoms with E-state index in [-0.39, 0.29) is 11.9 Å². The molecule has 14 heavy (non-hydrogen) atoms. The molecule has 2 rings (SSSR count). The Morgan fingerprint density at radius 1 is 1.29 bits per heavy atom. The first-order valence-corrected chi connectivity index (χ1v) is 5.34. The quantitative estimate of drug-likeness (QED) is 0.675. The summed E-state index contributed by atoms with van der Waals surface area (Å²) in [6.07, 6.45) is 6.27. The lowest BCUT2D eigenvalue weighted by atomic mass is 9.97. The Bertz CT molecular complexity index is 239. The van der Waals surface area contributed by atoms with Crippen LogP contribution in [0, 0.1) is 0 Å². The van der Waals surface area contributed by atoms with Crippen LogP contribution >= 0.6 is 0 Å². The summed E-state index contributed by atoms with van der Waals surface area (Å²) in [5, 5.41) is 0. The number of Topliss-reactive ketones (excluding diaryl/α,β-unsaturated/α-hetero) is 1. The summed E-state index contributed by atoms with van der Waals surface area (Å²) in [5.74, 6) is 0.143. The van der Waals surface area contributed by atoms with Gasteiger partial charge in [0.1, 0.15) is 6.10 Å². The van der Waals surface area contributed by atoms with Crippen LogP contribution in [0.5, 0.6) is 0 Å². The number of rotatable bonds is 2. The van der Waals surface area contributed by atoms with Crippen LogP contribution < -0.4 is 0 Å². The Morgan fingerprint density at radius 2 is 2.21 bits per heavy atom. The van der Waals surface area contributed by atoms with Gasteiger partial charge in [0, 0.05) is 12.2 Å². The molecule has 0 saturated carbocycles. The van der Waals surface area contributed by atoms with Gasteiger partial charge in [0.15, 0.2) is 5.78 Å². The van der Waals surface area contributed by atoms with Gasteiger partial charge in [-0.3, -0.25) is 4.79 Å². The zero-order chi connectivity index (χ0) is 9.80. The van der Waals surface area contributed by atoms with Crippen LogP contribution in [0.25, 0.3) is 0 Å². The van der Waals surface area contributed by atoms with Crippen LogP contribution in [0.2, 0.25) is 0 Å².